The molecule has 0 aromatic heterocycles. The number of hydrogen-bond acceptors (Lipinski definition) is 3. The Morgan fingerprint density at radius 2 is 1.81 bits per heavy atom. The van der Waals surface area contributed by atoms with E-state index >= 15 is 0 Å². The van der Waals surface area contributed by atoms with Crippen LogP contribution >= 0.6 is 11.6 Å². The Morgan fingerprint density at radius 3 is 2.43 bits per heavy atom. The zero-order chi connectivity index (χ0) is 15.4. The fourth-order valence-corrected chi connectivity index (χ4v) is 2.35. The molecule has 2 N–H and O–H groups in total. The standard InChI is InChI=1S/C16H17ClFNO2/c1-20-15-6-3-10(7-13(15)18)8-14(19)12-5-4-11(17)9-16(12)21-2/h3-7,9,14H,8,19H2,1-2H3. The molecule has 0 heterocycles. The van der Waals surface area contributed by atoms with Crippen LogP contribution in [0.3, 0.4) is 0 Å². The molecule has 1 atom stereocenters. The van der Waals surface area contributed by atoms with E-state index in [1.807, 2.05) is 6.07 Å². The van der Waals surface area contributed by atoms with Crippen molar-refractivity contribution in [2.75, 3.05) is 14.2 Å². The topological polar surface area (TPSA) is 44.5 Å². The number of ether oxygens (including phenoxy) is 2. The molecule has 0 aliphatic carbocycles. The van der Waals surface area contributed by atoms with E-state index in [2.05, 4.69) is 0 Å². The first-order valence-electron chi connectivity index (χ1n) is 6.46. The third-order valence-electron chi connectivity index (χ3n) is 3.27. The summed E-state index contributed by atoms with van der Waals surface area (Å²) in [7, 11) is 3.00. The monoisotopic (exact) mass is 309 g/mol. The van der Waals surface area contributed by atoms with Gasteiger partial charge < -0.3 is 15.2 Å². The van der Waals surface area contributed by atoms with Crippen molar-refractivity contribution in [2.45, 2.75) is 12.5 Å². The molecular weight excluding hydrogens is 293 g/mol. The summed E-state index contributed by atoms with van der Waals surface area (Å²) in [5.74, 6) is 0.450. The van der Waals surface area contributed by atoms with Crippen molar-refractivity contribution in [3.8, 4) is 11.5 Å². The van der Waals surface area contributed by atoms with Gasteiger partial charge in [0, 0.05) is 16.6 Å². The molecule has 2 aromatic carbocycles. The Kier molecular flexibility index (Phi) is 5.04. The first-order chi connectivity index (χ1) is 10.0. The molecule has 112 valence electrons. The van der Waals surface area contributed by atoms with Crippen molar-refractivity contribution >= 4 is 11.6 Å². The number of methoxy groups -OCH3 is 2. The van der Waals surface area contributed by atoms with Gasteiger partial charge in [-0.3, -0.25) is 0 Å². The van der Waals surface area contributed by atoms with Gasteiger partial charge in [0.25, 0.3) is 0 Å². The van der Waals surface area contributed by atoms with Crippen LogP contribution in [0.1, 0.15) is 17.2 Å². The first kappa shape index (κ1) is 15.6. The Bertz CT molecular complexity index is 634. The maximum Gasteiger partial charge on any atom is 0.165 e. The molecule has 2 rings (SSSR count). The highest BCUT2D eigenvalue weighted by Crippen LogP contribution is 2.29. The van der Waals surface area contributed by atoms with E-state index < -0.39 is 5.82 Å². The van der Waals surface area contributed by atoms with Gasteiger partial charge in [-0.25, -0.2) is 4.39 Å². The second kappa shape index (κ2) is 6.78. The van der Waals surface area contributed by atoms with Gasteiger partial charge in [-0.1, -0.05) is 23.7 Å². The second-order valence-corrected chi connectivity index (χ2v) is 5.10. The Hall–Kier alpha value is -1.78. The molecule has 5 heteroatoms. The van der Waals surface area contributed by atoms with Crippen molar-refractivity contribution in [1.29, 1.82) is 0 Å². The molecular formula is C16H17ClFNO2. The van der Waals surface area contributed by atoms with Gasteiger partial charge in [0.05, 0.1) is 14.2 Å². The van der Waals surface area contributed by atoms with Crippen LogP contribution in [0.5, 0.6) is 11.5 Å². The van der Waals surface area contributed by atoms with Gasteiger partial charge in [0.1, 0.15) is 5.75 Å². The maximum absolute atomic E-state index is 13.7. The van der Waals surface area contributed by atoms with Gasteiger partial charge in [-0.15, -0.1) is 0 Å². The Morgan fingerprint density at radius 1 is 1.10 bits per heavy atom. The van der Waals surface area contributed by atoms with Crippen molar-refractivity contribution in [3.05, 3.63) is 58.4 Å². The molecule has 1 unspecified atom stereocenters. The van der Waals surface area contributed by atoms with Gasteiger partial charge in [0.2, 0.25) is 0 Å². The van der Waals surface area contributed by atoms with Crippen molar-refractivity contribution in [3.63, 3.8) is 0 Å². The number of benzene rings is 2. The van der Waals surface area contributed by atoms with Crippen LogP contribution in [0.15, 0.2) is 36.4 Å². The summed E-state index contributed by atoms with van der Waals surface area (Å²) >= 11 is 5.93. The van der Waals surface area contributed by atoms with E-state index in [9.17, 15) is 4.39 Å². The van der Waals surface area contributed by atoms with Crippen LogP contribution in [-0.2, 0) is 6.42 Å². The van der Waals surface area contributed by atoms with Crippen molar-refractivity contribution < 1.29 is 13.9 Å². The highest BCUT2D eigenvalue weighted by atomic mass is 35.5. The lowest BCUT2D eigenvalue weighted by atomic mass is 9.98. The fourth-order valence-electron chi connectivity index (χ4n) is 2.19. The van der Waals surface area contributed by atoms with Gasteiger partial charge in [-0.2, -0.15) is 0 Å². The first-order valence-corrected chi connectivity index (χ1v) is 6.84. The lowest BCUT2D eigenvalue weighted by Crippen LogP contribution is -2.14. The van der Waals surface area contributed by atoms with Crippen LogP contribution in [0, 0.1) is 5.82 Å². The molecule has 0 spiro atoms. The van der Waals surface area contributed by atoms with Gasteiger partial charge in [0.15, 0.2) is 11.6 Å². The van der Waals surface area contributed by atoms with Crippen LogP contribution in [0.25, 0.3) is 0 Å². The molecule has 0 aliphatic heterocycles. The smallest absolute Gasteiger partial charge is 0.165 e. The van der Waals surface area contributed by atoms with Crippen molar-refractivity contribution in [2.24, 2.45) is 5.73 Å². The third-order valence-corrected chi connectivity index (χ3v) is 3.50. The highest BCUT2D eigenvalue weighted by molar-refractivity contribution is 6.30. The largest absolute Gasteiger partial charge is 0.496 e. The van der Waals surface area contributed by atoms with Crippen LogP contribution in [0.2, 0.25) is 5.02 Å². The molecule has 0 amide bonds. The Labute approximate surface area is 128 Å². The maximum atomic E-state index is 13.7. The second-order valence-electron chi connectivity index (χ2n) is 4.67. The van der Waals surface area contributed by atoms with Crippen LogP contribution in [-0.4, -0.2) is 14.2 Å². The molecule has 0 fully saturated rings. The predicted octanol–water partition coefficient (Wildman–Crippen LogP) is 3.74. The van der Waals surface area contributed by atoms with E-state index in [1.54, 1.807) is 31.4 Å². The summed E-state index contributed by atoms with van der Waals surface area (Å²) in [6.45, 7) is 0. The average molecular weight is 310 g/mol. The highest BCUT2D eigenvalue weighted by Gasteiger charge is 2.14. The number of rotatable bonds is 5. The molecule has 2 aromatic rings. The number of hydrogen-bond donors (Lipinski definition) is 1. The van der Waals surface area contributed by atoms with Crippen LogP contribution in [0.4, 0.5) is 4.39 Å². The third kappa shape index (κ3) is 3.65. The molecule has 0 aliphatic rings. The fraction of sp³-hybridized carbons (Fsp3) is 0.250. The molecule has 0 radical (unpaired) electrons. The average Bonchev–Trinajstić information content (AvgIpc) is 2.47. The minimum atomic E-state index is -0.398. The molecule has 0 saturated heterocycles. The van der Waals surface area contributed by atoms with Crippen LogP contribution < -0.4 is 15.2 Å². The molecule has 0 saturated carbocycles. The van der Waals surface area contributed by atoms with Gasteiger partial charge >= 0.3 is 0 Å². The summed E-state index contributed by atoms with van der Waals surface area (Å²) in [4.78, 5) is 0. The quantitative estimate of drug-likeness (QED) is 0.915. The number of nitrogens with two attached hydrogens (primary N) is 1. The van der Waals surface area contributed by atoms with E-state index in [0.717, 1.165) is 11.1 Å². The van der Waals surface area contributed by atoms with E-state index in [0.29, 0.717) is 17.2 Å². The normalized spacial score (nSPS) is 12.0. The minimum absolute atomic E-state index is 0.219. The van der Waals surface area contributed by atoms with Crippen molar-refractivity contribution in [1.82, 2.24) is 0 Å². The summed E-state index contributed by atoms with van der Waals surface area (Å²) in [6.07, 6.45) is 0.485. The van der Waals surface area contributed by atoms with E-state index in [1.165, 1.54) is 13.2 Å². The SMILES string of the molecule is COc1ccc(CC(N)c2ccc(Cl)cc2OC)cc1F. The molecule has 21 heavy (non-hydrogen) atoms. The minimum Gasteiger partial charge on any atom is -0.496 e. The Balaban J connectivity index is 2.21. The summed E-state index contributed by atoms with van der Waals surface area (Å²) in [6, 6.07) is 9.80. The summed E-state index contributed by atoms with van der Waals surface area (Å²) in [5, 5.41) is 0.582. The van der Waals surface area contributed by atoms with E-state index in [-0.39, 0.29) is 11.8 Å². The lowest BCUT2D eigenvalue weighted by Gasteiger charge is -2.16. The molecule has 0 bridgehead atoms. The van der Waals surface area contributed by atoms with Gasteiger partial charge in [-0.05, 0) is 36.2 Å². The molecule has 3 nitrogen and oxygen atoms in total. The summed E-state index contributed by atoms with van der Waals surface area (Å²) < 4.78 is 23.9. The van der Waals surface area contributed by atoms with E-state index in [4.69, 9.17) is 26.8 Å². The summed E-state index contributed by atoms with van der Waals surface area (Å²) in [5.41, 5.74) is 7.82. The zero-order valence-corrected chi connectivity index (χ0v) is 12.7. The predicted molar refractivity (Wildman–Crippen MR) is 81.6 cm³/mol. The lowest BCUT2D eigenvalue weighted by molar-refractivity contribution is 0.386. The zero-order valence-electron chi connectivity index (χ0n) is 11.9. The number of halogens is 2.